The second-order valence-corrected chi connectivity index (χ2v) is 6.50. The fourth-order valence-electron chi connectivity index (χ4n) is 2.61. The molecule has 2 amide bonds. The Morgan fingerprint density at radius 1 is 1.03 bits per heavy atom. The van der Waals surface area contributed by atoms with Gasteiger partial charge >= 0.3 is 0 Å². The number of carbonyl (C=O) groups excluding carboxylic acids is 2. The van der Waals surface area contributed by atoms with Crippen LogP contribution in [0.5, 0.6) is 0 Å². The number of nitrogens with one attached hydrogen (secondary N) is 2. The minimum atomic E-state index is -0.593. The van der Waals surface area contributed by atoms with Gasteiger partial charge in [0.15, 0.2) is 5.96 Å². The SMILES string of the molecule is CCNC(=NCc1ccc(C(=O)NCC(N)=O)cc1)N(C)Cc1ccc(F)cc1. The monoisotopic (exact) mass is 399 g/mol. The molecule has 154 valence electrons. The van der Waals surface area contributed by atoms with Crippen molar-refractivity contribution in [2.24, 2.45) is 10.7 Å². The van der Waals surface area contributed by atoms with Crippen LogP contribution in [-0.2, 0) is 17.9 Å². The summed E-state index contributed by atoms with van der Waals surface area (Å²) in [5.74, 6) is -0.486. The molecule has 2 aromatic rings. The first-order chi connectivity index (χ1) is 13.9. The van der Waals surface area contributed by atoms with Gasteiger partial charge in [-0.1, -0.05) is 24.3 Å². The van der Waals surface area contributed by atoms with Gasteiger partial charge in [0.25, 0.3) is 5.91 Å². The van der Waals surface area contributed by atoms with Gasteiger partial charge in [0.1, 0.15) is 5.82 Å². The number of amides is 2. The minimum Gasteiger partial charge on any atom is -0.368 e. The maximum Gasteiger partial charge on any atom is 0.251 e. The highest BCUT2D eigenvalue weighted by Gasteiger charge is 2.08. The van der Waals surface area contributed by atoms with E-state index in [2.05, 4.69) is 15.6 Å². The summed E-state index contributed by atoms with van der Waals surface area (Å²) in [6.07, 6.45) is 0. The van der Waals surface area contributed by atoms with E-state index in [4.69, 9.17) is 5.73 Å². The van der Waals surface area contributed by atoms with Crippen LogP contribution in [0.25, 0.3) is 0 Å². The van der Waals surface area contributed by atoms with E-state index in [1.807, 2.05) is 31.0 Å². The van der Waals surface area contributed by atoms with Crippen molar-refractivity contribution in [1.29, 1.82) is 0 Å². The van der Waals surface area contributed by atoms with E-state index in [1.54, 1.807) is 24.3 Å². The average molecular weight is 399 g/mol. The van der Waals surface area contributed by atoms with E-state index < -0.39 is 5.91 Å². The van der Waals surface area contributed by atoms with Gasteiger partial charge in [-0.2, -0.15) is 0 Å². The van der Waals surface area contributed by atoms with Crippen LogP contribution in [-0.4, -0.2) is 42.8 Å². The van der Waals surface area contributed by atoms with E-state index in [9.17, 15) is 14.0 Å². The third-order valence-electron chi connectivity index (χ3n) is 4.08. The first kappa shape index (κ1) is 21.9. The molecule has 0 unspecified atom stereocenters. The first-order valence-electron chi connectivity index (χ1n) is 9.28. The second kappa shape index (κ2) is 10.8. The van der Waals surface area contributed by atoms with E-state index in [-0.39, 0.29) is 18.3 Å². The molecule has 0 saturated heterocycles. The topological polar surface area (TPSA) is 99.8 Å². The summed E-state index contributed by atoms with van der Waals surface area (Å²) >= 11 is 0. The van der Waals surface area contributed by atoms with Gasteiger partial charge in [-0.15, -0.1) is 0 Å². The Labute approximate surface area is 169 Å². The van der Waals surface area contributed by atoms with Crippen molar-refractivity contribution in [2.45, 2.75) is 20.0 Å². The van der Waals surface area contributed by atoms with Crippen LogP contribution in [0.2, 0.25) is 0 Å². The molecular formula is C21H26FN5O2. The fourth-order valence-corrected chi connectivity index (χ4v) is 2.61. The molecule has 0 spiro atoms. The Kier molecular flexibility index (Phi) is 8.14. The van der Waals surface area contributed by atoms with Gasteiger partial charge < -0.3 is 21.3 Å². The quantitative estimate of drug-likeness (QED) is 0.464. The Balaban J connectivity index is 2.00. The van der Waals surface area contributed by atoms with Crippen LogP contribution in [0.1, 0.15) is 28.4 Å². The minimum absolute atomic E-state index is 0.197. The van der Waals surface area contributed by atoms with Gasteiger partial charge in [0, 0.05) is 25.7 Å². The van der Waals surface area contributed by atoms with Gasteiger partial charge in [-0.05, 0) is 42.3 Å². The summed E-state index contributed by atoms with van der Waals surface area (Å²) in [6, 6.07) is 13.3. The predicted molar refractivity (Wildman–Crippen MR) is 111 cm³/mol. The molecule has 0 fully saturated rings. The Morgan fingerprint density at radius 2 is 1.66 bits per heavy atom. The summed E-state index contributed by atoms with van der Waals surface area (Å²) in [6.45, 7) is 3.52. The number of guanidine groups is 1. The number of rotatable bonds is 8. The lowest BCUT2D eigenvalue weighted by molar-refractivity contribution is -0.117. The van der Waals surface area contributed by atoms with Crippen molar-refractivity contribution < 1.29 is 14.0 Å². The number of benzene rings is 2. The summed E-state index contributed by atoms with van der Waals surface area (Å²) < 4.78 is 13.1. The van der Waals surface area contributed by atoms with E-state index in [1.165, 1.54) is 12.1 Å². The zero-order chi connectivity index (χ0) is 21.2. The molecule has 0 aliphatic heterocycles. The lowest BCUT2D eigenvalue weighted by Crippen LogP contribution is -2.38. The lowest BCUT2D eigenvalue weighted by Gasteiger charge is -2.22. The molecule has 2 rings (SSSR count). The van der Waals surface area contributed by atoms with Crippen molar-refractivity contribution in [1.82, 2.24) is 15.5 Å². The largest absolute Gasteiger partial charge is 0.368 e. The van der Waals surface area contributed by atoms with Crippen LogP contribution >= 0.6 is 0 Å². The standard InChI is InChI=1S/C21H26FN5O2/c1-3-24-21(27(2)14-16-6-10-18(22)11-7-16)26-12-15-4-8-17(9-5-15)20(29)25-13-19(23)28/h4-11H,3,12-14H2,1-2H3,(H2,23,28)(H,24,26)(H,25,29). The third-order valence-corrected chi connectivity index (χ3v) is 4.08. The maximum absolute atomic E-state index is 13.1. The number of aliphatic imine (C=N–C) groups is 1. The summed E-state index contributed by atoms with van der Waals surface area (Å²) in [5.41, 5.74) is 7.37. The molecule has 2 aromatic carbocycles. The number of hydrogen-bond donors (Lipinski definition) is 3. The zero-order valence-corrected chi connectivity index (χ0v) is 16.6. The molecule has 8 heteroatoms. The van der Waals surface area contributed by atoms with Gasteiger partial charge in [0.05, 0.1) is 13.1 Å². The summed E-state index contributed by atoms with van der Waals surface area (Å²) in [5, 5.41) is 5.68. The van der Waals surface area contributed by atoms with Crippen LogP contribution in [0.15, 0.2) is 53.5 Å². The van der Waals surface area contributed by atoms with Crippen molar-refractivity contribution in [3.8, 4) is 0 Å². The molecule has 7 nitrogen and oxygen atoms in total. The molecule has 4 N–H and O–H groups in total. The third kappa shape index (κ3) is 7.25. The van der Waals surface area contributed by atoms with Crippen molar-refractivity contribution in [3.63, 3.8) is 0 Å². The van der Waals surface area contributed by atoms with Crippen molar-refractivity contribution >= 4 is 17.8 Å². The van der Waals surface area contributed by atoms with Crippen LogP contribution in [0.3, 0.4) is 0 Å². The number of hydrogen-bond acceptors (Lipinski definition) is 3. The number of halogens is 1. The van der Waals surface area contributed by atoms with E-state index >= 15 is 0 Å². The first-order valence-corrected chi connectivity index (χ1v) is 9.28. The molecular weight excluding hydrogens is 373 g/mol. The molecule has 0 aromatic heterocycles. The van der Waals surface area contributed by atoms with E-state index in [0.29, 0.717) is 25.2 Å². The van der Waals surface area contributed by atoms with Gasteiger partial charge in [0.2, 0.25) is 5.91 Å². The fraction of sp³-hybridized carbons (Fsp3) is 0.286. The molecule has 0 atom stereocenters. The summed E-state index contributed by atoms with van der Waals surface area (Å²) in [4.78, 5) is 29.2. The lowest BCUT2D eigenvalue weighted by atomic mass is 10.1. The Morgan fingerprint density at radius 3 is 2.24 bits per heavy atom. The molecule has 29 heavy (non-hydrogen) atoms. The number of carbonyl (C=O) groups is 2. The molecule has 0 saturated carbocycles. The Bertz CT molecular complexity index is 850. The number of primary amides is 1. The highest BCUT2D eigenvalue weighted by atomic mass is 19.1. The highest BCUT2D eigenvalue weighted by molar-refractivity contribution is 5.96. The summed E-state index contributed by atoms with van der Waals surface area (Å²) in [7, 11) is 1.91. The predicted octanol–water partition coefficient (Wildman–Crippen LogP) is 1.64. The normalized spacial score (nSPS) is 11.1. The van der Waals surface area contributed by atoms with E-state index in [0.717, 1.165) is 17.1 Å². The van der Waals surface area contributed by atoms with Crippen LogP contribution in [0, 0.1) is 5.82 Å². The smallest absolute Gasteiger partial charge is 0.251 e. The molecule has 0 heterocycles. The van der Waals surface area contributed by atoms with Gasteiger partial charge in [-0.25, -0.2) is 9.38 Å². The average Bonchev–Trinajstić information content (AvgIpc) is 2.71. The molecule has 0 bridgehead atoms. The highest BCUT2D eigenvalue weighted by Crippen LogP contribution is 2.08. The van der Waals surface area contributed by atoms with Gasteiger partial charge in [-0.3, -0.25) is 9.59 Å². The zero-order valence-electron chi connectivity index (χ0n) is 16.6. The maximum atomic E-state index is 13.1. The van der Waals surface area contributed by atoms with Crippen molar-refractivity contribution in [2.75, 3.05) is 20.1 Å². The second-order valence-electron chi connectivity index (χ2n) is 6.50. The number of nitrogens with zero attached hydrogens (tertiary/aromatic N) is 2. The Hall–Kier alpha value is -3.42. The van der Waals surface area contributed by atoms with Crippen molar-refractivity contribution in [3.05, 3.63) is 71.0 Å². The molecule has 0 aliphatic rings. The van der Waals surface area contributed by atoms with Crippen LogP contribution < -0.4 is 16.4 Å². The van der Waals surface area contributed by atoms with Crippen LogP contribution in [0.4, 0.5) is 4.39 Å². The molecule has 0 radical (unpaired) electrons. The number of nitrogens with two attached hydrogens (primary N) is 1. The molecule has 0 aliphatic carbocycles.